The Balaban J connectivity index is 1.61. The van der Waals surface area contributed by atoms with Crippen LogP contribution in [0, 0.1) is 0 Å². The average Bonchev–Trinajstić information content (AvgIpc) is 3.29. The fraction of sp³-hybridized carbons (Fsp3) is 0.650. The van der Waals surface area contributed by atoms with Crippen LogP contribution in [-0.4, -0.2) is 47.4 Å². The Morgan fingerprint density at radius 1 is 1.04 bits per heavy atom. The molecule has 1 amide bonds. The van der Waals surface area contributed by atoms with Gasteiger partial charge in [0.05, 0.1) is 6.54 Å². The Labute approximate surface area is 140 Å². The van der Waals surface area contributed by atoms with Gasteiger partial charge in [0.25, 0.3) is 0 Å². The molecule has 0 heterocycles. The summed E-state index contributed by atoms with van der Waals surface area (Å²) >= 11 is 0. The van der Waals surface area contributed by atoms with Crippen LogP contribution < -0.4 is 0 Å². The monoisotopic (exact) mass is 314 g/mol. The maximum Gasteiger partial charge on any atom is 0.237 e. The van der Waals surface area contributed by atoms with E-state index in [0.29, 0.717) is 24.5 Å². The third-order valence-corrected chi connectivity index (χ3v) is 5.38. The summed E-state index contributed by atoms with van der Waals surface area (Å²) in [6.45, 7) is 4.66. The number of nitrogens with zero attached hydrogens (tertiary/aromatic N) is 2. The van der Waals surface area contributed by atoms with Crippen molar-refractivity contribution in [2.45, 2.75) is 64.0 Å². The number of carbonyl (C=O) groups excluding carboxylic acids is 1. The molecule has 0 aromatic heterocycles. The van der Waals surface area contributed by atoms with Crippen molar-refractivity contribution in [3.63, 3.8) is 0 Å². The van der Waals surface area contributed by atoms with E-state index in [1.54, 1.807) is 0 Å². The van der Waals surface area contributed by atoms with Crippen molar-refractivity contribution in [1.29, 1.82) is 0 Å². The topological polar surface area (TPSA) is 23.6 Å². The van der Waals surface area contributed by atoms with Crippen LogP contribution in [-0.2, 0) is 11.2 Å². The van der Waals surface area contributed by atoms with Gasteiger partial charge in [-0.05, 0) is 44.2 Å². The molecular weight excluding hydrogens is 284 g/mol. The summed E-state index contributed by atoms with van der Waals surface area (Å²) in [7, 11) is 0. The zero-order valence-electron chi connectivity index (χ0n) is 14.4. The molecule has 2 aliphatic carbocycles. The number of amides is 1. The second-order valence-electron chi connectivity index (χ2n) is 7.06. The van der Waals surface area contributed by atoms with Gasteiger partial charge in [-0.3, -0.25) is 9.69 Å². The standard InChI is InChI=1S/C20H30N2O/c1-2-21(18-12-13-18)16-20(23)22(19-10-6-7-11-19)15-14-17-8-4-3-5-9-17/h3-5,8-9,18-19H,2,6-7,10-16H2,1H3. The molecule has 0 bridgehead atoms. The molecule has 2 fully saturated rings. The predicted octanol–water partition coefficient (Wildman–Crippen LogP) is 3.48. The first-order valence-electron chi connectivity index (χ1n) is 9.35. The first kappa shape index (κ1) is 16.5. The lowest BCUT2D eigenvalue weighted by atomic mass is 10.1. The Morgan fingerprint density at radius 2 is 1.74 bits per heavy atom. The quantitative estimate of drug-likeness (QED) is 0.733. The van der Waals surface area contributed by atoms with E-state index >= 15 is 0 Å². The number of carbonyl (C=O) groups is 1. The third kappa shape index (κ3) is 4.57. The maximum absolute atomic E-state index is 12.9. The molecule has 0 unspecified atom stereocenters. The second-order valence-corrected chi connectivity index (χ2v) is 7.06. The second kappa shape index (κ2) is 7.96. The Bertz CT molecular complexity index is 492. The van der Waals surface area contributed by atoms with E-state index in [2.05, 4.69) is 47.1 Å². The minimum Gasteiger partial charge on any atom is -0.338 e. The molecule has 3 heteroatoms. The first-order chi connectivity index (χ1) is 11.3. The minimum atomic E-state index is 0.349. The Kier molecular flexibility index (Phi) is 5.71. The van der Waals surface area contributed by atoms with Gasteiger partial charge in [-0.15, -0.1) is 0 Å². The van der Waals surface area contributed by atoms with E-state index in [4.69, 9.17) is 0 Å². The highest BCUT2D eigenvalue weighted by atomic mass is 16.2. The van der Waals surface area contributed by atoms with Gasteiger partial charge < -0.3 is 4.90 Å². The minimum absolute atomic E-state index is 0.349. The highest BCUT2D eigenvalue weighted by Gasteiger charge is 2.32. The SMILES string of the molecule is CCN(CC(=O)N(CCc1ccccc1)C1CCCC1)C1CC1. The van der Waals surface area contributed by atoms with Gasteiger partial charge in [-0.2, -0.15) is 0 Å². The molecule has 1 aromatic carbocycles. The lowest BCUT2D eigenvalue weighted by Crippen LogP contribution is -2.46. The van der Waals surface area contributed by atoms with Crippen LogP contribution in [0.1, 0.15) is 51.0 Å². The zero-order chi connectivity index (χ0) is 16.1. The molecular formula is C20H30N2O. The Morgan fingerprint density at radius 3 is 2.35 bits per heavy atom. The summed E-state index contributed by atoms with van der Waals surface area (Å²) in [6, 6.07) is 11.7. The largest absolute Gasteiger partial charge is 0.338 e. The molecule has 0 spiro atoms. The highest BCUT2D eigenvalue weighted by Crippen LogP contribution is 2.28. The fourth-order valence-electron chi connectivity index (χ4n) is 3.82. The predicted molar refractivity (Wildman–Crippen MR) is 94.4 cm³/mol. The number of hydrogen-bond acceptors (Lipinski definition) is 2. The Hall–Kier alpha value is -1.35. The summed E-state index contributed by atoms with van der Waals surface area (Å²) in [6.07, 6.45) is 8.45. The molecule has 126 valence electrons. The van der Waals surface area contributed by atoms with Crippen LogP contribution in [0.25, 0.3) is 0 Å². The lowest BCUT2D eigenvalue weighted by molar-refractivity contribution is -0.134. The lowest BCUT2D eigenvalue weighted by Gasteiger charge is -2.31. The molecule has 0 aliphatic heterocycles. The van der Waals surface area contributed by atoms with Gasteiger partial charge >= 0.3 is 0 Å². The van der Waals surface area contributed by atoms with Gasteiger partial charge in [0.15, 0.2) is 0 Å². The molecule has 1 aromatic rings. The van der Waals surface area contributed by atoms with E-state index in [0.717, 1.165) is 19.5 Å². The fourth-order valence-corrected chi connectivity index (χ4v) is 3.82. The summed E-state index contributed by atoms with van der Waals surface area (Å²) in [5.41, 5.74) is 1.33. The van der Waals surface area contributed by atoms with Crippen molar-refractivity contribution < 1.29 is 4.79 Å². The van der Waals surface area contributed by atoms with E-state index in [9.17, 15) is 4.79 Å². The molecule has 0 N–H and O–H groups in total. The summed E-state index contributed by atoms with van der Waals surface area (Å²) in [5.74, 6) is 0.349. The zero-order valence-corrected chi connectivity index (χ0v) is 14.4. The van der Waals surface area contributed by atoms with Gasteiger partial charge in [0, 0.05) is 18.6 Å². The molecule has 0 radical (unpaired) electrons. The van der Waals surface area contributed by atoms with E-state index in [1.165, 1.54) is 44.1 Å². The number of hydrogen-bond donors (Lipinski definition) is 0. The van der Waals surface area contributed by atoms with E-state index < -0.39 is 0 Å². The molecule has 2 aliphatic rings. The number of likely N-dealkylation sites (N-methyl/N-ethyl adjacent to an activating group) is 1. The van der Waals surface area contributed by atoms with Gasteiger partial charge in [-0.25, -0.2) is 0 Å². The molecule has 0 atom stereocenters. The van der Waals surface area contributed by atoms with Crippen molar-refractivity contribution in [2.24, 2.45) is 0 Å². The molecule has 3 rings (SSSR count). The van der Waals surface area contributed by atoms with Crippen LogP contribution in [0.5, 0.6) is 0 Å². The van der Waals surface area contributed by atoms with Crippen LogP contribution in [0.15, 0.2) is 30.3 Å². The summed E-state index contributed by atoms with van der Waals surface area (Å²) in [5, 5.41) is 0. The van der Waals surface area contributed by atoms with Crippen LogP contribution in [0.3, 0.4) is 0 Å². The van der Waals surface area contributed by atoms with Crippen LogP contribution in [0.4, 0.5) is 0 Å². The number of benzene rings is 1. The summed E-state index contributed by atoms with van der Waals surface area (Å²) < 4.78 is 0. The van der Waals surface area contributed by atoms with Gasteiger partial charge in [0.2, 0.25) is 5.91 Å². The van der Waals surface area contributed by atoms with Crippen molar-refractivity contribution in [3.05, 3.63) is 35.9 Å². The summed E-state index contributed by atoms with van der Waals surface area (Å²) in [4.78, 5) is 17.5. The smallest absolute Gasteiger partial charge is 0.237 e. The highest BCUT2D eigenvalue weighted by molar-refractivity contribution is 5.78. The molecule has 0 saturated heterocycles. The maximum atomic E-state index is 12.9. The average molecular weight is 314 g/mol. The third-order valence-electron chi connectivity index (χ3n) is 5.38. The van der Waals surface area contributed by atoms with Crippen molar-refractivity contribution >= 4 is 5.91 Å². The van der Waals surface area contributed by atoms with E-state index in [1.807, 2.05) is 0 Å². The van der Waals surface area contributed by atoms with E-state index in [-0.39, 0.29) is 0 Å². The number of rotatable bonds is 8. The van der Waals surface area contributed by atoms with Crippen molar-refractivity contribution in [2.75, 3.05) is 19.6 Å². The molecule has 2 saturated carbocycles. The van der Waals surface area contributed by atoms with Crippen molar-refractivity contribution in [3.8, 4) is 0 Å². The van der Waals surface area contributed by atoms with Crippen LogP contribution >= 0.6 is 0 Å². The van der Waals surface area contributed by atoms with Crippen molar-refractivity contribution in [1.82, 2.24) is 9.80 Å². The molecule has 23 heavy (non-hydrogen) atoms. The molecule has 3 nitrogen and oxygen atoms in total. The normalized spacial score (nSPS) is 18.5. The van der Waals surface area contributed by atoms with Gasteiger partial charge in [0.1, 0.15) is 0 Å². The van der Waals surface area contributed by atoms with Crippen LogP contribution in [0.2, 0.25) is 0 Å². The van der Waals surface area contributed by atoms with Gasteiger partial charge in [-0.1, -0.05) is 50.1 Å². The first-order valence-corrected chi connectivity index (χ1v) is 9.35.